The van der Waals surface area contributed by atoms with E-state index < -0.39 is 40.4 Å². The number of benzene rings is 2. The van der Waals surface area contributed by atoms with Crippen molar-refractivity contribution in [2.45, 2.75) is 50.2 Å². The molecule has 11 heteroatoms. The average molecular weight is 550 g/mol. The Morgan fingerprint density at radius 2 is 1.64 bits per heavy atom. The van der Waals surface area contributed by atoms with Crippen molar-refractivity contribution in [1.82, 2.24) is 15.2 Å². The van der Waals surface area contributed by atoms with Gasteiger partial charge in [0.05, 0.1) is 18.4 Å². The van der Waals surface area contributed by atoms with Crippen LogP contribution in [0.5, 0.6) is 0 Å². The molecule has 0 bridgehead atoms. The number of carbonyl (C=O) groups excluding carboxylic acids is 1. The maximum Gasteiger partial charge on any atom is 0.420 e. The Morgan fingerprint density at radius 3 is 2.26 bits per heavy atom. The summed E-state index contributed by atoms with van der Waals surface area (Å²) in [5, 5.41) is 1.94. The molecule has 5 rings (SSSR count). The Kier molecular flexibility index (Phi) is 6.92. The predicted molar refractivity (Wildman–Crippen MR) is 129 cm³/mol. The first-order chi connectivity index (χ1) is 18.4. The van der Waals surface area contributed by atoms with Crippen LogP contribution < -0.4 is 5.32 Å². The van der Waals surface area contributed by atoms with Crippen molar-refractivity contribution in [2.75, 3.05) is 13.1 Å². The number of alkyl halides is 3. The number of rotatable bonds is 5. The normalized spacial score (nSPS) is 18.5. The molecular formula is C28H25F6N3O2. The summed E-state index contributed by atoms with van der Waals surface area (Å²) in [4.78, 5) is 18.0. The smallest absolute Gasteiger partial charge is 0.365 e. The molecule has 1 fully saturated rings. The van der Waals surface area contributed by atoms with Crippen molar-refractivity contribution < 1.29 is 35.9 Å². The molecule has 1 unspecified atom stereocenters. The summed E-state index contributed by atoms with van der Waals surface area (Å²) in [6.07, 6.45) is -1.03. The molecule has 0 radical (unpaired) electrons. The third-order valence-electron chi connectivity index (χ3n) is 7.59. The van der Waals surface area contributed by atoms with Gasteiger partial charge in [-0.3, -0.25) is 14.7 Å². The fraction of sp³-hybridized carbons (Fsp3) is 0.357. The number of nitrogens with zero attached hydrogens (tertiary/aromatic N) is 2. The van der Waals surface area contributed by atoms with Crippen molar-refractivity contribution in [3.8, 4) is 0 Å². The number of hydrogen-bond acceptors (Lipinski definition) is 4. The third kappa shape index (κ3) is 4.78. The first kappa shape index (κ1) is 27.1. The molecule has 1 spiro atoms. The Morgan fingerprint density at radius 1 is 0.974 bits per heavy atom. The van der Waals surface area contributed by atoms with Gasteiger partial charge in [0.15, 0.2) is 17.2 Å². The van der Waals surface area contributed by atoms with Crippen LogP contribution in [0.25, 0.3) is 0 Å². The van der Waals surface area contributed by atoms with Gasteiger partial charge in [0.2, 0.25) is 5.91 Å². The highest BCUT2D eigenvalue weighted by Crippen LogP contribution is 2.46. The number of nitrogens with one attached hydrogen (secondary N) is 1. The second-order valence-electron chi connectivity index (χ2n) is 9.96. The van der Waals surface area contributed by atoms with Crippen LogP contribution in [0.2, 0.25) is 0 Å². The lowest BCUT2D eigenvalue weighted by atomic mass is 9.81. The lowest BCUT2D eigenvalue weighted by Gasteiger charge is -2.39. The van der Waals surface area contributed by atoms with Gasteiger partial charge in [0.1, 0.15) is 5.82 Å². The highest BCUT2D eigenvalue weighted by atomic mass is 19.4. The number of likely N-dealkylation sites (tertiary alicyclic amines) is 1. The molecule has 1 N–H and O–H groups in total. The quantitative estimate of drug-likeness (QED) is 0.430. The highest BCUT2D eigenvalue weighted by molar-refractivity contribution is 5.75. The summed E-state index contributed by atoms with van der Waals surface area (Å²) < 4.78 is 91.5. The summed E-state index contributed by atoms with van der Waals surface area (Å²) >= 11 is 0. The van der Waals surface area contributed by atoms with Gasteiger partial charge in [0.25, 0.3) is 0 Å². The van der Waals surface area contributed by atoms with Crippen molar-refractivity contribution in [2.24, 2.45) is 0 Å². The molecule has 1 aromatic heterocycles. The zero-order valence-electron chi connectivity index (χ0n) is 20.9. The van der Waals surface area contributed by atoms with Gasteiger partial charge < -0.3 is 10.1 Å². The second-order valence-corrected chi connectivity index (χ2v) is 9.96. The number of pyridine rings is 1. The first-order valence-corrected chi connectivity index (χ1v) is 12.3. The summed E-state index contributed by atoms with van der Waals surface area (Å²) in [5.41, 5.74) is -2.66. The lowest BCUT2D eigenvalue weighted by molar-refractivity contribution is -0.189. The van der Waals surface area contributed by atoms with Gasteiger partial charge >= 0.3 is 6.18 Å². The Labute approximate surface area is 220 Å². The zero-order valence-corrected chi connectivity index (χ0v) is 20.9. The minimum Gasteiger partial charge on any atom is -0.365 e. The van der Waals surface area contributed by atoms with E-state index in [2.05, 4.69) is 9.88 Å². The number of carbonyl (C=O) groups is 1. The van der Waals surface area contributed by atoms with Crippen molar-refractivity contribution in [3.63, 3.8) is 0 Å². The second kappa shape index (κ2) is 9.95. The highest BCUT2D eigenvalue weighted by Gasteiger charge is 2.58. The summed E-state index contributed by atoms with van der Waals surface area (Å²) in [7, 11) is 0. The summed E-state index contributed by atoms with van der Waals surface area (Å²) in [6, 6.07) is 7.35. The topological polar surface area (TPSA) is 54.5 Å². The molecule has 0 aliphatic carbocycles. The number of piperidine rings is 1. The van der Waals surface area contributed by atoms with Gasteiger partial charge in [0, 0.05) is 43.9 Å². The van der Waals surface area contributed by atoms with Crippen LogP contribution in [0.3, 0.4) is 0 Å². The largest absolute Gasteiger partial charge is 0.420 e. The number of aromatic nitrogens is 1. The third-order valence-corrected chi connectivity index (χ3v) is 7.59. The SMILES string of the molecule is CC(=O)NC(c1ccc(CN2CCC3(CC2)OCc2c(F)cncc23)cc1)(c1ccc(F)c(F)c1)C(F)(F)F. The molecule has 1 amide bonds. The van der Waals surface area contributed by atoms with E-state index in [1.54, 1.807) is 6.20 Å². The molecule has 1 atom stereocenters. The molecule has 3 heterocycles. The maximum absolute atomic E-state index is 14.6. The minimum absolute atomic E-state index is 0.193. The van der Waals surface area contributed by atoms with Gasteiger partial charge in [-0.05, 0) is 41.7 Å². The Balaban J connectivity index is 1.37. The van der Waals surface area contributed by atoms with Gasteiger partial charge in [-0.15, -0.1) is 0 Å². The fourth-order valence-electron chi connectivity index (χ4n) is 5.60. The molecule has 206 valence electrons. The van der Waals surface area contributed by atoms with E-state index in [0.29, 0.717) is 50.2 Å². The van der Waals surface area contributed by atoms with Gasteiger partial charge in [-0.2, -0.15) is 13.2 Å². The molecule has 2 aliphatic heterocycles. The van der Waals surface area contributed by atoms with E-state index >= 15 is 0 Å². The maximum atomic E-state index is 14.6. The van der Waals surface area contributed by atoms with Crippen LogP contribution in [-0.4, -0.2) is 35.1 Å². The van der Waals surface area contributed by atoms with Crippen LogP contribution in [-0.2, 0) is 33.8 Å². The summed E-state index contributed by atoms with van der Waals surface area (Å²) in [6.45, 7) is 2.79. The molecular weight excluding hydrogens is 524 g/mol. The van der Waals surface area contributed by atoms with Crippen LogP contribution in [0, 0.1) is 17.5 Å². The average Bonchev–Trinajstić information content (AvgIpc) is 3.24. The van der Waals surface area contributed by atoms with E-state index in [1.165, 1.54) is 30.5 Å². The van der Waals surface area contributed by atoms with Crippen LogP contribution in [0.1, 0.15) is 47.6 Å². The predicted octanol–water partition coefficient (Wildman–Crippen LogP) is 5.46. The molecule has 2 aliphatic rings. The van der Waals surface area contributed by atoms with Crippen molar-refractivity contribution in [3.05, 3.63) is 100 Å². The number of amides is 1. The van der Waals surface area contributed by atoms with Crippen molar-refractivity contribution >= 4 is 5.91 Å². The zero-order chi connectivity index (χ0) is 28.0. The molecule has 0 saturated carbocycles. The van der Waals surface area contributed by atoms with E-state index in [4.69, 9.17) is 4.74 Å². The minimum atomic E-state index is -5.07. The van der Waals surface area contributed by atoms with E-state index in [0.717, 1.165) is 24.1 Å². The standard InChI is InChI=1S/C28H25F6N3O2/c1-17(38)36-27(28(32,33)34,20-6-7-23(29)24(30)12-20)19-4-2-18(3-5-19)15-37-10-8-26(9-11-37)22-13-35-14-25(31)21(22)16-39-26/h2-7,12-14H,8-11,15-16H2,1H3,(H,36,38). The monoisotopic (exact) mass is 549 g/mol. The Hall–Kier alpha value is -3.44. The van der Waals surface area contributed by atoms with Gasteiger partial charge in [-0.25, -0.2) is 13.2 Å². The van der Waals surface area contributed by atoms with Crippen LogP contribution in [0.4, 0.5) is 26.3 Å². The first-order valence-electron chi connectivity index (χ1n) is 12.3. The lowest BCUT2D eigenvalue weighted by Crippen LogP contribution is -2.56. The van der Waals surface area contributed by atoms with Gasteiger partial charge in [-0.1, -0.05) is 30.3 Å². The molecule has 2 aromatic carbocycles. The number of ether oxygens (including phenoxy) is 1. The summed E-state index contributed by atoms with van der Waals surface area (Å²) in [5.74, 6) is -4.14. The van der Waals surface area contributed by atoms with E-state index in [-0.39, 0.29) is 18.0 Å². The Bertz CT molecular complexity index is 1390. The van der Waals surface area contributed by atoms with Crippen LogP contribution in [0.15, 0.2) is 54.9 Å². The molecule has 3 aromatic rings. The molecule has 39 heavy (non-hydrogen) atoms. The van der Waals surface area contributed by atoms with Crippen molar-refractivity contribution in [1.29, 1.82) is 0 Å². The molecule has 5 nitrogen and oxygen atoms in total. The van der Waals surface area contributed by atoms with Crippen LogP contribution >= 0.6 is 0 Å². The number of fused-ring (bicyclic) bond motifs is 2. The molecule has 1 saturated heterocycles. The number of hydrogen-bond donors (Lipinski definition) is 1. The van der Waals surface area contributed by atoms with E-state index in [1.807, 2.05) is 5.32 Å². The van der Waals surface area contributed by atoms with E-state index in [9.17, 15) is 31.1 Å². The fourth-order valence-corrected chi connectivity index (χ4v) is 5.60. The number of halogens is 6.